The Bertz CT molecular complexity index is 548. The molecule has 0 aliphatic heterocycles. The Morgan fingerprint density at radius 1 is 1.15 bits per heavy atom. The molecule has 0 spiro atoms. The average molecular weight is 274 g/mol. The normalized spacial score (nSPS) is 10.6. The zero-order valence-corrected chi connectivity index (χ0v) is 11.8. The van der Waals surface area contributed by atoms with E-state index in [2.05, 4.69) is 9.97 Å². The molecule has 20 heavy (non-hydrogen) atoms. The van der Waals surface area contributed by atoms with E-state index in [9.17, 15) is 4.39 Å². The molecule has 2 N–H and O–H groups in total. The first kappa shape index (κ1) is 14.4. The number of hydrogen-bond donors (Lipinski definition) is 1. The highest BCUT2D eigenvalue weighted by Crippen LogP contribution is 2.24. The summed E-state index contributed by atoms with van der Waals surface area (Å²) in [6, 6.07) is 8.32. The first-order valence-corrected chi connectivity index (χ1v) is 6.65. The molecule has 2 aromatic rings. The zero-order valence-electron chi connectivity index (χ0n) is 11.8. The van der Waals surface area contributed by atoms with Crippen molar-refractivity contribution in [3.8, 4) is 0 Å². The van der Waals surface area contributed by atoms with Gasteiger partial charge in [0.05, 0.1) is 0 Å². The fourth-order valence-corrected chi connectivity index (χ4v) is 2.08. The molecular weight excluding hydrogens is 255 g/mol. The minimum absolute atomic E-state index is 0.248. The van der Waals surface area contributed by atoms with Gasteiger partial charge in [-0.25, -0.2) is 14.4 Å². The van der Waals surface area contributed by atoms with Crippen molar-refractivity contribution < 1.29 is 4.39 Å². The second-order valence-corrected chi connectivity index (χ2v) is 4.69. The summed E-state index contributed by atoms with van der Waals surface area (Å²) in [5.74, 6) is 1.29. The summed E-state index contributed by atoms with van der Waals surface area (Å²) in [7, 11) is 0. The van der Waals surface area contributed by atoms with E-state index in [1.54, 1.807) is 12.1 Å². The van der Waals surface area contributed by atoms with Gasteiger partial charge in [-0.3, -0.25) is 0 Å². The third kappa shape index (κ3) is 3.51. The smallest absolute Gasteiger partial charge is 0.136 e. The summed E-state index contributed by atoms with van der Waals surface area (Å²) in [4.78, 5) is 10.8. The second kappa shape index (κ2) is 6.43. The van der Waals surface area contributed by atoms with Crippen molar-refractivity contribution in [1.29, 1.82) is 0 Å². The molecule has 1 aromatic carbocycles. The number of aromatic nitrogens is 2. The lowest BCUT2D eigenvalue weighted by molar-refractivity contribution is 0.627. The summed E-state index contributed by atoms with van der Waals surface area (Å²) in [5, 5.41) is 0. The van der Waals surface area contributed by atoms with E-state index in [-0.39, 0.29) is 5.82 Å². The van der Waals surface area contributed by atoms with Crippen LogP contribution < -0.4 is 10.6 Å². The van der Waals surface area contributed by atoms with Crippen LogP contribution in [0.5, 0.6) is 0 Å². The van der Waals surface area contributed by atoms with Crippen molar-refractivity contribution in [2.24, 2.45) is 5.73 Å². The van der Waals surface area contributed by atoms with Crippen LogP contribution in [0.25, 0.3) is 0 Å². The molecule has 4 nitrogen and oxygen atoms in total. The Balaban J connectivity index is 2.38. The van der Waals surface area contributed by atoms with Gasteiger partial charge in [0.15, 0.2) is 0 Å². The minimum Gasteiger partial charge on any atom is -0.330 e. The van der Waals surface area contributed by atoms with E-state index in [0.29, 0.717) is 6.54 Å². The van der Waals surface area contributed by atoms with Crippen molar-refractivity contribution in [3.63, 3.8) is 0 Å². The molecule has 0 fully saturated rings. The Hall–Kier alpha value is -2.01. The van der Waals surface area contributed by atoms with Crippen LogP contribution in [0.3, 0.4) is 0 Å². The van der Waals surface area contributed by atoms with E-state index in [1.165, 1.54) is 12.1 Å². The molecule has 0 unspecified atom stereocenters. The highest BCUT2D eigenvalue weighted by molar-refractivity contribution is 5.60. The van der Waals surface area contributed by atoms with Gasteiger partial charge in [0.1, 0.15) is 17.5 Å². The number of hydrogen-bond acceptors (Lipinski definition) is 4. The Kier molecular flexibility index (Phi) is 4.63. The van der Waals surface area contributed by atoms with Crippen molar-refractivity contribution >= 4 is 11.5 Å². The molecule has 1 heterocycles. The summed E-state index contributed by atoms with van der Waals surface area (Å²) >= 11 is 0. The van der Waals surface area contributed by atoms with Crippen LogP contribution in [-0.4, -0.2) is 23.1 Å². The van der Waals surface area contributed by atoms with Crippen molar-refractivity contribution in [3.05, 3.63) is 47.7 Å². The second-order valence-electron chi connectivity index (χ2n) is 4.69. The predicted molar refractivity (Wildman–Crippen MR) is 78.6 cm³/mol. The molecule has 0 saturated heterocycles. The third-order valence-electron chi connectivity index (χ3n) is 2.95. The van der Waals surface area contributed by atoms with Gasteiger partial charge in [0.2, 0.25) is 0 Å². The number of anilines is 2. The van der Waals surface area contributed by atoms with Crippen LogP contribution in [0.1, 0.15) is 17.9 Å². The number of rotatable bonds is 5. The first-order valence-electron chi connectivity index (χ1n) is 6.65. The lowest BCUT2D eigenvalue weighted by Gasteiger charge is -2.24. The predicted octanol–water partition coefficient (Wildman–Crippen LogP) is 2.72. The SMILES string of the molecule is Cc1cc(N(CCCN)c2ccc(F)cc2)nc(C)n1. The van der Waals surface area contributed by atoms with Crippen LogP contribution in [-0.2, 0) is 0 Å². The fraction of sp³-hybridized carbons (Fsp3) is 0.333. The number of benzene rings is 1. The summed E-state index contributed by atoms with van der Waals surface area (Å²) in [6.07, 6.45) is 0.833. The summed E-state index contributed by atoms with van der Waals surface area (Å²) in [5.41, 5.74) is 7.41. The molecule has 0 amide bonds. The van der Waals surface area contributed by atoms with E-state index in [4.69, 9.17) is 5.73 Å². The van der Waals surface area contributed by atoms with Crippen molar-refractivity contribution in [2.45, 2.75) is 20.3 Å². The first-order chi connectivity index (χ1) is 9.60. The van der Waals surface area contributed by atoms with Gasteiger partial charge in [0.25, 0.3) is 0 Å². The molecule has 0 aliphatic carbocycles. The van der Waals surface area contributed by atoms with Gasteiger partial charge in [-0.05, 0) is 51.1 Å². The molecule has 106 valence electrons. The molecule has 0 radical (unpaired) electrons. The number of nitrogens with zero attached hydrogens (tertiary/aromatic N) is 3. The van der Waals surface area contributed by atoms with E-state index >= 15 is 0 Å². The maximum absolute atomic E-state index is 13.1. The fourth-order valence-electron chi connectivity index (χ4n) is 2.08. The van der Waals surface area contributed by atoms with Gasteiger partial charge in [-0.15, -0.1) is 0 Å². The van der Waals surface area contributed by atoms with Crippen LogP contribution in [0.2, 0.25) is 0 Å². The monoisotopic (exact) mass is 274 g/mol. The molecule has 0 atom stereocenters. The Morgan fingerprint density at radius 2 is 1.85 bits per heavy atom. The highest BCUT2D eigenvalue weighted by Gasteiger charge is 2.11. The van der Waals surface area contributed by atoms with Crippen molar-refractivity contribution in [2.75, 3.05) is 18.0 Å². The topological polar surface area (TPSA) is 55.0 Å². The largest absolute Gasteiger partial charge is 0.330 e. The van der Waals surface area contributed by atoms with Gasteiger partial charge in [0, 0.05) is 24.0 Å². The van der Waals surface area contributed by atoms with Gasteiger partial charge in [-0.1, -0.05) is 0 Å². The highest BCUT2D eigenvalue weighted by atomic mass is 19.1. The number of aryl methyl sites for hydroxylation is 2. The third-order valence-corrected chi connectivity index (χ3v) is 2.95. The van der Waals surface area contributed by atoms with Gasteiger partial charge in [-0.2, -0.15) is 0 Å². The molecule has 0 aliphatic rings. The quantitative estimate of drug-likeness (QED) is 0.910. The molecule has 0 saturated carbocycles. The molecule has 1 aromatic heterocycles. The zero-order chi connectivity index (χ0) is 14.5. The van der Waals surface area contributed by atoms with Gasteiger partial charge < -0.3 is 10.6 Å². The maximum atomic E-state index is 13.1. The van der Waals surface area contributed by atoms with Gasteiger partial charge >= 0.3 is 0 Å². The van der Waals surface area contributed by atoms with Crippen molar-refractivity contribution in [1.82, 2.24) is 9.97 Å². The summed E-state index contributed by atoms with van der Waals surface area (Å²) < 4.78 is 13.1. The van der Waals surface area contributed by atoms with E-state index < -0.39 is 0 Å². The Labute approximate surface area is 118 Å². The van der Waals surface area contributed by atoms with Crippen LogP contribution in [0.15, 0.2) is 30.3 Å². The minimum atomic E-state index is -0.248. The van der Waals surface area contributed by atoms with E-state index in [1.807, 2.05) is 24.8 Å². The Morgan fingerprint density at radius 3 is 2.45 bits per heavy atom. The lowest BCUT2D eigenvalue weighted by Crippen LogP contribution is -2.22. The molecule has 0 bridgehead atoms. The maximum Gasteiger partial charge on any atom is 0.136 e. The summed E-state index contributed by atoms with van der Waals surface area (Å²) in [6.45, 7) is 5.13. The number of halogens is 1. The number of nitrogens with two attached hydrogens (primary N) is 1. The van der Waals surface area contributed by atoms with Crippen LogP contribution in [0, 0.1) is 19.7 Å². The standard InChI is InChI=1S/C15H19FN4/c1-11-10-15(19-12(2)18-11)20(9-3-8-17)14-6-4-13(16)5-7-14/h4-7,10H,3,8-9,17H2,1-2H3. The lowest BCUT2D eigenvalue weighted by atomic mass is 10.2. The molecule has 2 rings (SSSR count). The van der Waals surface area contributed by atoms with Crippen LogP contribution >= 0.6 is 0 Å². The molecular formula is C15H19FN4. The van der Waals surface area contributed by atoms with E-state index in [0.717, 1.165) is 36.0 Å². The average Bonchev–Trinajstić information content (AvgIpc) is 2.40. The van der Waals surface area contributed by atoms with Crippen LogP contribution in [0.4, 0.5) is 15.9 Å². The molecule has 5 heteroatoms.